The Labute approximate surface area is 145 Å². The average molecular weight is 338 g/mol. The van der Waals surface area contributed by atoms with E-state index >= 15 is 0 Å². The van der Waals surface area contributed by atoms with Gasteiger partial charge >= 0.3 is 5.91 Å². The molecule has 4 nitrogen and oxygen atoms in total. The first-order valence-corrected chi connectivity index (χ1v) is 8.53. The molecule has 1 saturated carbocycles. The van der Waals surface area contributed by atoms with Gasteiger partial charge in [-0.15, -0.1) is 0 Å². The zero-order chi connectivity index (χ0) is 17.6. The Morgan fingerprint density at radius 2 is 1.80 bits per heavy atom. The van der Waals surface area contributed by atoms with E-state index in [1.54, 1.807) is 30.3 Å². The van der Waals surface area contributed by atoms with Crippen LogP contribution >= 0.6 is 0 Å². The molecular weight excluding hydrogens is 319 g/mol. The van der Waals surface area contributed by atoms with Crippen molar-refractivity contribution in [1.82, 2.24) is 4.90 Å². The van der Waals surface area contributed by atoms with Crippen molar-refractivity contribution in [3.05, 3.63) is 65.5 Å². The monoisotopic (exact) mass is 338 g/mol. The van der Waals surface area contributed by atoms with Crippen LogP contribution in [-0.2, 0) is 4.79 Å². The Balaban J connectivity index is 1.64. The molecule has 0 saturated heterocycles. The van der Waals surface area contributed by atoms with Gasteiger partial charge in [-0.25, -0.2) is 4.39 Å². The lowest BCUT2D eigenvalue weighted by atomic mass is 10.1. The van der Waals surface area contributed by atoms with E-state index in [-0.39, 0.29) is 11.9 Å². The number of hydrogen-bond donors (Lipinski definition) is 0. The third-order valence-corrected chi connectivity index (χ3v) is 5.05. The number of anilines is 1. The summed E-state index contributed by atoms with van der Waals surface area (Å²) in [6.07, 6.45) is 2.05. The summed E-state index contributed by atoms with van der Waals surface area (Å²) >= 11 is 0. The summed E-state index contributed by atoms with van der Waals surface area (Å²) in [6, 6.07) is 13.9. The zero-order valence-electron chi connectivity index (χ0n) is 14.0. The number of carbonyl (C=O) groups is 2. The van der Waals surface area contributed by atoms with Crippen LogP contribution in [0.2, 0.25) is 0 Å². The molecule has 128 valence electrons. The fourth-order valence-electron chi connectivity index (χ4n) is 3.50. The van der Waals surface area contributed by atoms with Gasteiger partial charge in [0.1, 0.15) is 5.82 Å². The van der Waals surface area contributed by atoms with Crippen molar-refractivity contribution >= 4 is 17.4 Å². The second-order valence-corrected chi connectivity index (χ2v) is 6.66. The van der Waals surface area contributed by atoms with E-state index in [4.69, 9.17) is 0 Å². The largest absolute Gasteiger partial charge is 0.300 e. The molecule has 1 aliphatic heterocycles. The van der Waals surface area contributed by atoms with Crippen molar-refractivity contribution in [3.8, 4) is 0 Å². The van der Waals surface area contributed by atoms with Gasteiger partial charge in [0.05, 0.1) is 17.9 Å². The molecular formula is C20H19FN2O2. The van der Waals surface area contributed by atoms with E-state index in [1.165, 1.54) is 11.0 Å². The lowest BCUT2D eigenvalue weighted by Gasteiger charge is -2.33. The Morgan fingerprint density at radius 1 is 1.12 bits per heavy atom. The van der Waals surface area contributed by atoms with Gasteiger partial charge in [-0.05, 0) is 38.0 Å². The van der Waals surface area contributed by atoms with Crippen molar-refractivity contribution in [2.45, 2.75) is 31.8 Å². The Bertz CT molecular complexity index is 847. The van der Waals surface area contributed by atoms with Crippen LogP contribution in [0.5, 0.6) is 0 Å². The van der Waals surface area contributed by atoms with Crippen LogP contribution in [0.3, 0.4) is 0 Å². The molecule has 1 fully saturated rings. The average Bonchev–Trinajstić information content (AvgIpc) is 3.43. The molecule has 1 unspecified atom stereocenters. The lowest BCUT2D eigenvalue weighted by molar-refractivity contribution is -0.114. The van der Waals surface area contributed by atoms with Gasteiger partial charge in [-0.2, -0.15) is 0 Å². The van der Waals surface area contributed by atoms with E-state index in [9.17, 15) is 14.0 Å². The predicted molar refractivity (Wildman–Crippen MR) is 92.8 cm³/mol. The maximum Gasteiger partial charge on any atom is 0.300 e. The number of carbonyl (C=O) groups excluding carboxylic acids is 2. The number of rotatable bonds is 5. The fourth-order valence-corrected chi connectivity index (χ4v) is 3.50. The first kappa shape index (κ1) is 16.0. The number of fused-ring (bicyclic) bond motifs is 1. The summed E-state index contributed by atoms with van der Waals surface area (Å²) in [5, 5.41) is 0. The van der Waals surface area contributed by atoms with E-state index in [1.807, 2.05) is 19.1 Å². The molecule has 2 aromatic carbocycles. The molecule has 2 aromatic rings. The highest BCUT2D eigenvalue weighted by Crippen LogP contribution is 2.37. The van der Waals surface area contributed by atoms with E-state index < -0.39 is 11.7 Å². The van der Waals surface area contributed by atoms with E-state index in [0.717, 1.165) is 12.8 Å². The van der Waals surface area contributed by atoms with Crippen LogP contribution < -0.4 is 4.90 Å². The molecule has 0 spiro atoms. The Morgan fingerprint density at radius 3 is 2.52 bits per heavy atom. The van der Waals surface area contributed by atoms with Crippen molar-refractivity contribution in [2.24, 2.45) is 0 Å². The minimum atomic E-state index is -0.507. The predicted octanol–water partition coefficient (Wildman–Crippen LogP) is 3.54. The molecule has 1 amide bonds. The molecule has 1 heterocycles. The molecule has 0 N–H and O–H groups in total. The van der Waals surface area contributed by atoms with Crippen LogP contribution in [0.15, 0.2) is 48.5 Å². The number of ketones is 1. The third kappa shape index (κ3) is 2.74. The lowest BCUT2D eigenvalue weighted by Crippen LogP contribution is -2.43. The summed E-state index contributed by atoms with van der Waals surface area (Å²) < 4.78 is 14.2. The minimum Gasteiger partial charge on any atom is -0.291 e. The number of nitrogens with zero attached hydrogens (tertiary/aromatic N) is 2. The van der Waals surface area contributed by atoms with Gasteiger partial charge in [-0.3, -0.25) is 19.4 Å². The first-order chi connectivity index (χ1) is 12.1. The molecule has 0 radical (unpaired) electrons. The maximum absolute atomic E-state index is 14.2. The molecule has 25 heavy (non-hydrogen) atoms. The second kappa shape index (κ2) is 6.08. The summed E-state index contributed by atoms with van der Waals surface area (Å²) in [5.41, 5.74) is 1.70. The summed E-state index contributed by atoms with van der Waals surface area (Å²) in [7, 11) is 0. The summed E-state index contributed by atoms with van der Waals surface area (Å²) in [4.78, 5) is 28.3. The SMILES string of the molecule is CC(c1ccccc1F)N(CN1C(=O)C(=O)c2ccccc21)C1CC1. The smallest absolute Gasteiger partial charge is 0.291 e. The molecule has 2 aliphatic rings. The van der Waals surface area contributed by atoms with Crippen LogP contribution in [0, 0.1) is 5.82 Å². The van der Waals surface area contributed by atoms with Crippen molar-refractivity contribution in [1.29, 1.82) is 0 Å². The Kier molecular flexibility index (Phi) is 3.88. The van der Waals surface area contributed by atoms with Crippen molar-refractivity contribution in [2.75, 3.05) is 11.6 Å². The maximum atomic E-state index is 14.2. The summed E-state index contributed by atoms with van der Waals surface area (Å²) in [5.74, 6) is -1.22. The van der Waals surface area contributed by atoms with Gasteiger partial charge in [0.15, 0.2) is 0 Å². The van der Waals surface area contributed by atoms with Gasteiger partial charge in [0, 0.05) is 17.6 Å². The normalized spacial score (nSPS) is 18.0. The molecule has 1 atom stereocenters. The highest BCUT2D eigenvalue weighted by atomic mass is 19.1. The minimum absolute atomic E-state index is 0.177. The number of para-hydroxylation sites is 1. The van der Waals surface area contributed by atoms with Gasteiger partial charge < -0.3 is 0 Å². The fraction of sp³-hybridized carbons (Fsp3) is 0.300. The molecule has 1 aliphatic carbocycles. The molecule has 0 aromatic heterocycles. The van der Waals surface area contributed by atoms with E-state index in [2.05, 4.69) is 4.90 Å². The summed E-state index contributed by atoms with van der Waals surface area (Å²) in [6.45, 7) is 2.24. The quantitative estimate of drug-likeness (QED) is 0.783. The second-order valence-electron chi connectivity index (χ2n) is 6.66. The molecule has 4 rings (SSSR count). The van der Waals surface area contributed by atoms with Gasteiger partial charge in [-0.1, -0.05) is 30.3 Å². The van der Waals surface area contributed by atoms with Crippen molar-refractivity contribution in [3.63, 3.8) is 0 Å². The first-order valence-electron chi connectivity index (χ1n) is 8.53. The van der Waals surface area contributed by atoms with Gasteiger partial charge in [0.2, 0.25) is 0 Å². The number of hydrogen-bond acceptors (Lipinski definition) is 3. The highest BCUT2D eigenvalue weighted by molar-refractivity contribution is 6.52. The van der Waals surface area contributed by atoms with Crippen LogP contribution in [0.1, 0.15) is 41.7 Å². The number of Topliss-reactive ketones (excluding diaryl/α,β-unsaturated/α-hetero) is 1. The third-order valence-electron chi connectivity index (χ3n) is 5.05. The topological polar surface area (TPSA) is 40.6 Å². The van der Waals surface area contributed by atoms with E-state index in [0.29, 0.717) is 29.5 Å². The molecule has 5 heteroatoms. The van der Waals surface area contributed by atoms with Crippen LogP contribution in [0.25, 0.3) is 0 Å². The van der Waals surface area contributed by atoms with Crippen molar-refractivity contribution < 1.29 is 14.0 Å². The molecule has 0 bridgehead atoms. The zero-order valence-corrected chi connectivity index (χ0v) is 14.0. The Hall–Kier alpha value is -2.53. The number of benzene rings is 2. The van der Waals surface area contributed by atoms with Gasteiger partial charge in [0.25, 0.3) is 5.78 Å². The van der Waals surface area contributed by atoms with Crippen LogP contribution in [0.4, 0.5) is 10.1 Å². The number of halogens is 1. The number of amides is 1. The highest BCUT2D eigenvalue weighted by Gasteiger charge is 2.40. The standard InChI is InChI=1S/C20H19FN2O2/c1-13(15-6-2-4-8-17(15)21)22(14-10-11-14)12-23-18-9-5-3-7-16(18)19(24)20(23)25/h2-9,13-14H,10-12H2,1H3. The van der Waals surface area contributed by atoms with Crippen LogP contribution in [-0.4, -0.2) is 29.3 Å².